The molecule has 0 amide bonds. The molecule has 1 aliphatic heterocycles. The number of hydrogen-bond donors (Lipinski definition) is 1. The summed E-state index contributed by atoms with van der Waals surface area (Å²) in [7, 11) is 0. The van der Waals surface area contributed by atoms with E-state index in [0.29, 0.717) is 17.8 Å². The van der Waals surface area contributed by atoms with Crippen LogP contribution < -0.4 is 16.2 Å². The molecule has 0 unspecified atom stereocenters. The van der Waals surface area contributed by atoms with Crippen LogP contribution in [0.1, 0.15) is 24.1 Å². The van der Waals surface area contributed by atoms with Gasteiger partial charge in [-0.2, -0.15) is 0 Å². The summed E-state index contributed by atoms with van der Waals surface area (Å²) in [5, 5.41) is 1.61. The van der Waals surface area contributed by atoms with Gasteiger partial charge in [-0.15, -0.1) is 0 Å². The third kappa shape index (κ3) is 3.35. The van der Waals surface area contributed by atoms with Gasteiger partial charge in [0, 0.05) is 43.3 Å². The van der Waals surface area contributed by atoms with Gasteiger partial charge in [-0.05, 0) is 49.9 Å². The van der Waals surface area contributed by atoms with Crippen LogP contribution in [0.25, 0.3) is 16.4 Å². The van der Waals surface area contributed by atoms with E-state index in [4.69, 9.17) is 5.73 Å². The predicted octanol–water partition coefficient (Wildman–Crippen LogP) is 2.58. The van der Waals surface area contributed by atoms with Gasteiger partial charge in [-0.3, -0.25) is 9.78 Å². The minimum Gasteiger partial charge on any atom is -0.370 e. The second kappa shape index (κ2) is 7.57. The van der Waals surface area contributed by atoms with Gasteiger partial charge in [0.1, 0.15) is 5.65 Å². The van der Waals surface area contributed by atoms with Crippen LogP contribution in [0, 0.1) is 12.8 Å². The molecular weight excluding hydrogens is 376 g/mol. The van der Waals surface area contributed by atoms with E-state index in [0.717, 1.165) is 54.9 Å². The lowest BCUT2D eigenvalue weighted by atomic mass is 9.96. The molecule has 5 rings (SSSR count). The van der Waals surface area contributed by atoms with Crippen molar-refractivity contribution in [2.45, 2.75) is 26.3 Å². The maximum Gasteiger partial charge on any atom is 0.260 e. The highest BCUT2D eigenvalue weighted by Gasteiger charge is 2.20. The van der Waals surface area contributed by atoms with Crippen molar-refractivity contribution >= 4 is 22.1 Å². The number of aromatic nitrogens is 4. The predicted molar refractivity (Wildman–Crippen MR) is 119 cm³/mol. The molecule has 7 heteroatoms. The molecule has 0 atom stereocenters. The standard InChI is InChI=1S/C23H26N6O/c1-16-2-3-22-26-18(15-29(22)13-16)14-28-9-6-19-20(23(28)30)11-25-12-21(19)27-7-4-17(10-24)5-8-27/h2-3,6,9,11-13,15,17H,4-5,7-8,10,14,24H2,1H3. The molecule has 5 heterocycles. The first-order valence-corrected chi connectivity index (χ1v) is 10.5. The van der Waals surface area contributed by atoms with Gasteiger partial charge in [-0.25, -0.2) is 4.98 Å². The minimum atomic E-state index is -0.0352. The summed E-state index contributed by atoms with van der Waals surface area (Å²) < 4.78 is 3.71. The topological polar surface area (TPSA) is 81.4 Å². The van der Waals surface area contributed by atoms with Crippen LogP contribution in [0.3, 0.4) is 0 Å². The van der Waals surface area contributed by atoms with Gasteiger partial charge in [0.25, 0.3) is 5.56 Å². The highest BCUT2D eigenvalue weighted by atomic mass is 16.1. The number of hydrogen-bond acceptors (Lipinski definition) is 5. The number of fused-ring (bicyclic) bond motifs is 2. The average molecular weight is 403 g/mol. The first kappa shape index (κ1) is 18.8. The Balaban J connectivity index is 1.47. The van der Waals surface area contributed by atoms with E-state index in [1.807, 2.05) is 47.4 Å². The van der Waals surface area contributed by atoms with Crippen molar-refractivity contribution in [3.8, 4) is 0 Å². The third-order valence-corrected chi connectivity index (χ3v) is 6.15. The summed E-state index contributed by atoms with van der Waals surface area (Å²) in [4.78, 5) is 24.5. The summed E-state index contributed by atoms with van der Waals surface area (Å²) in [6, 6.07) is 6.06. The van der Waals surface area contributed by atoms with Crippen LogP contribution >= 0.6 is 0 Å². The normalized spacial score (nSPS) is 15.3. The van der Waals surface area contributed by atoms with E-state index in [1.165, 1.54) is 5.56 Å². The fraction of sp³-hybridized carbons (Fsp3) is 0.348. The molecule has 1 saturated heterocycles. The van der Waals surface area contributed by atoms with Crippen molar-refractivity contribution in [3.05, 3.63) is 70.8 Å². The largest absolute Gasteiger partial charge is 0.370 e. The highest BCUT2D eigenvalue weighted by Crippen LogP contribution is 2.28. The quantitative estimate of drug-likeness (QED) is 0.567. The van der Waals surface area contributed by atoms with Gasteiger partial charge >= 0.3 is 0 Å². The van der Waals surface area contributed by atoms with Crippen molar-refractivity contribution in [3.63, 3.8) is 0 Å². The van der Waals surface area contributed by atoms with Crippen molar-refractivity contribution in [2.24, 2.45) is 11.7 Å². The Morgan fingerprint density at radius 3 is 2.73 bits per heavy atom. The van der Waals surface area contributed by atoms with Crippen molar-refractivity contribution < 1.29 is 0 Å². The molecule has 1 fully saturated rings. The maximum atomic E-state index is 13.2. The number of piperidine rings is 1. The summed E-state index contributed by atoms with van der Waals surface area (Å²) in [6.45, 7) is 5.13. The Kier molecular flexibility index (Phi) is 4.75. The first-order chi connectivity index (χ1) is 14.6. The Morgan fingerprint density at radius 2 is 1.93 bits per heavy atom. The van der Waals surface area contributed by atoms with Gasteiger partial charge in [0.05, 0.1) is 29.5 Å². The van der Waals surface area contributed by atoms with E-state index in [1.54, 1.807) is 10.8 Å². The van der Waals surface area contributed by atoms with Crippen LogP contribution in [-0.4, -0.2) is 38.6 Å². The molecule has 0 aromatic carbocycles. The molecule has 0 spiro atoms. The van der Waals surface area contributed by atoms with Crippen LogP contribution in [-0.2, 0) is 6.54 Å². The zero-order valence-electron chi connectivity index (χ0n) is 17.2. The van der Waals surface area contributed by atoms with Crippen molar-refractivity contribution in [1.82, 2.24) is 18.9 Å². The zero-order chi connectivity index (χ0) is 20.7. The highest BCUT2D eigenvalue weighted by molar-refractivity contribution is 5.92. The molecular formula is C23H26N6O. The lowest BCUT2D eigenvalue weighted by Crippen LogP contribution is -2.36. The molecule has 1 aliphatic rings. The third-order valence-electron chi connectivity index (χ3n) is 6.15. The molecule has 4 aromatic rings. The molecule has 0 saturated carbocycles. The van der Waals surface area contributed by atoms with Crippen LogP contribution in [0.5, 0.6) is 0 Å². The second-order valence-corrected chi connectivity index (χ2v) is 8.24. The minimum absolute atomic E-state index is 0.0352. The fourth-order valence-corrected chi connectivity index (χ4v) is 4.38. The number of imidazole rings is 1. The van der Waals surface area contributed by atoms with Crippen LogP contribution in [0.4, 0.5) is 5.69 Å². The van der Waals surface area contributed by atoms with Gasteiger partial charge in [0.15, 0.2) is 0 Å². The van der Waals surface area contributed by atoms with E-state index in [-0.39, 0.29) is 5.56 Å². The SMILES string of the molecule is Cc1ccc2nc(Cn3ccc4c(N5CCC(CN)CC5)cncc4c3=O)cn2c1. The molecule has 0 aliphatic carbocycles. The van der Waals surface area contributed by atoms with E-state index in [2.05, 4.69) is 21.8 Å². The Morgan fingerprint density at radius 1 is 1.10 bits per heavy atom. The zero-order valence-corrected chi connectivity index (χ0v) is 17.2. The summed E-state index contributed by atoms with van der Waals surface area (Å²) in [5.74, 6) is 0.593. The molecule has 0 radical (unpaired) electrons. The lowest BCUT2D eigenvalue weighted by molar-refractivity contribution is 0.415. The monoisotopic (exact) mass is 402 g/mol. The van der Waals surface area contributed by atoms with Crippen molar-refractivity contribution in [1.29, 1.82) is 0 Å². The smallest absolute Gasteiger partial charge is 0.260 e. The molecule has 30 heavy (non-hydrogen) atoms. The summed E-state index contributed by atoms with van der Waals surface area (Å²) in [6.07, 6.45) is 11.6. The number of aryl methyl sites for hydroxylation is 1. The van der Waals surface area contributed by atoms with Gasteiger partial charge in [-0.1, -0.05) is 6.07 Å². The fourth-order valence-electron chi connectivity index (χ4n) is 4.38. The Bertz CT molecular complexity index is 1270. The Labute approximate surface area is 174 Å². The van der Waals surface area contributed by atoms with Gasteiger partial charge in [0.2, 0.25) is 0 Å². The number of nitrogens with zero attached hydrogens (tertiary/aromatic N) is 5. The second-order valence-electron chi connectivity index (χ2n) is 8.24. The number of pyridine rings is 3. The maximum absolute atomic E-state index is 13.2. The molecule has 154 valence electrons. The first-order valence-electron chi connectivity index (χ1n) is 10.5. The van der Waals surface area contributed by atoms with E-state index < -0.39 is 0 Å². The summed E-state index contributed by atoms with van der Waals surface area (Å²) in [5.41, 5.74) is 9.74. The number of anilines is 1. The molecule has 0 bridgehead atoms. The average Bonchev–Trinajstić information content (AvgIpc) is 3.17. The number of nitrogens with two attached hydrogens (primary N) is 1. The van der Waals surface area contributed by atoms with Gasteiger partial charge < -0.3 is 19.6 Å². The van der Waals surface area contributed by atoms with E-state index >= 15 is 0 Å². The van der Waals surface area contributed by atoms with Crippen LogP contribution in [0.15, 0.2) is 54.0 Å². The van der Waals surface area contributed by atoms with Crippen LogP contribution in [0.2, 0.25) is 0 Å². The van der Waals surface area contributed by atoms with E-state index in [9.17, 15) is 4.79 Å². The molecule has 4 aromatic heterocycles. The van der Waals surface area contributed by atoms with Crippen molar-refractivity contribution in [2.75, 3.05) is 24.5 Å². The number of rotatable bonds is 4. The molecule has 2 N–H and O–H groups in total. The summed E-state index contributed by atoms with van der Waals surface area (Å²) >= 11 is 0. The molecule has 7 nitrogen and oxygen atoms in total. The Hall–Kier alpha value is -3.19. The lowest BCUT2D eigenvalue weighted by Gasteiger charge is -2.33.